The van der Waals surface area contributed by atoms with E-state index in [1.165, 1.54) is 0 Å². The molecular formula is C17H26O6. The molecule has 0 radical (unpaired) electrons. The van der Waals surface area contributed by atoms with E-state index in [4.69, 9.17) is 14.2 Å². The Morgan fingerprint density at radius 1 is 1.39 bits per heavy atom. The molecule has 0 spiro atoms. The highest BCUT2D eigenvalue weighted by Gasteiger charge is 2.44. The van der Waals surface area contributed by atoms with Crippen molar-refractivity contribution in [2.45, 2.75) is 59.2 Å². The molecule has 0 bridgehead atoms. The monoisotopic (exact) mass is 326 g/mol. The van der Waals surface area contributed by atoms with Crippen molar-refractivity contribution in [3.63, 3.8) is 0 Å². The van der Waals surface area contributed by atoms with E-state index >= 15 is 0 Å². The Balaban J connectivity index is 2.79. The van der Waals surface area contributed by atoms with Crippen molar-refractivity contribution < 1.29 is 28.6 Å². The average molecular weight is 326 g/mol. The lowest BCUT2D eigenvalue weighted by atomic mass is 9.79. The lowest BCUT2D eigenvalue weighted by Crippen LogP contribution is -2.42. The third-order valence-corrected chi connectivity index (χ3v) is 4.10. The minimum absolute atomic E-state index is 0.168. The van der Waals surface area contributed by atoms with Gasteiger partial charge in [-0.3, -0.25) is 4.79 Å². The van der Waals surface area contributed by atoms with Crippen LogP contribution in [0.3, 0.4) is 0 Å². The van der Waals surface area contributed by atoms with Gasteiger partial charge < -0.3 is 14.2 Å². The van der Waals surface area contributed by atoms with E-state index in [-0.39, 0.29) is 18.9 Å². The highest BCUT2D eigenvalue weighted by Crippen LogP contribution is 2.35. The fourth-order valence-electron chi connectivity index (χ4n) is 2.58. The molecule has 6 nitrogen and oxygen atoms in total. The first-order valence-electron chi connectivity index (χ1n) is 7.78. The van der Waals surface area contributed by atoms with Crippen molar-refractivity contribution in [2.24, 2.45) is 11.3 Å². The fourth-order valence-corrected chi connectivity index (χ4v) is 2.58. The van der Waals surface area contributed by atoms with Crippen LogP contribution in [0.2, 0.25) is 0 Å². The number of carbonyl (C=O) groups excluding carboxylic acids is 3. The van der Waals surface area contributed by atoms with Crippen LogP contribution in [0.25, 0.3) is 0 Å². The van der Waals surface area contributed by atoms with Gasteiger partial charge >= 0.3 is 17.9 Å². The zero-order valence-electron chi connectivity index (χ0n) is 14.5. The largest absolute Gasteiger partial charge is 0.462 e. The highest BCUT2D eigenvalue weighted by molar-refractivity contribution is 5.83. The van der Waals surface area contributed by atoms with Gasteiger partial charge in [-0.05, 0) is 27.2 Å². The molecular weight excluding hydrogens is 300 g/mol. The van der Waals surface area contributed by atoms with E-state index in [0.717, 1.165) is 6.08 Å². The van der Waals surface area contributed by atoms with E-state index in [0.29, 0.717) is 6.42 Å². The van der Waals surface area contributed by atoms with Crippen molar-refractivity contribution >= 4 is 17.9 Å². The third kappa shape index (κ3) is 4.81. The van der Waals surface area contributed by atoms with Gasteiger partial charge in [0.2, 0.25) is 6.10 Å². The van der Waals surface area contributed by atoms with Crippen LogP contribution in [0.4, 0.5) is 0 Å². The molecule has 130 valence electrons. The van der Waals surface area contributed by atoms with Gasteiger partial charge in [0.15, 0.2) is 0 Å². The summed E-state index contributed by atoms with van der Waals surface area (Å²) in [7, 11) is 0. The fraction of sp³-hybridized carbons (Fsp3) is 0.706. The molecule has 3 atom stereocenters. The number of hydrogen-bond donors (Lipinski definition) is 0. The summed E-state index contributed by atoms with van der Waals surface area (Å²) < 4.78 is 15.6. The Kier molecular flexibility index (Phi) is 5.97. The SMILES string of the molecule is C=CC(=O)OC(C)(CC)CC(C)(C)C(=O)OC1C(=O)OCC1C. The minimum Gasteiger partial charge on any atom is -0.462 e. The van der Waals surface area contributed by atoms with Gasteiger partial charge in [-0.15, -0.1) is 0 Å². The molecule has 0 aromatic rings. The second-order valence-electron chi connectivity index (χ2n) is 6.92. The Labute approximate surface area is 137 Å². The van der Waals surface area contributed by atoms with Crippen LogP contribution in [0, 0.1) is 11.3 Å². The first-order chi connectivity index (χ1) is 10.5. The summed E-state index contributed by atoms with van der Waals surface area (Å²) in [5, 5.41) is 0. The van der Waals surface area contributed by atoms with E-state index in [9.17, 15) is 14.4 Å². The van der Waals surface area contributed by atoms with Gasteiger partial charge in [-0.25, -0.2) is 9.59 Å². The van der Waals surface area contributed by atoms with E-state index < -0.39 is 35.0 Å². The molecule has 0 aliphatic carbocycles. The Bertz CT molecular complexity index is 495. The quantitative estimate of drug-likeness (QED) is 0.406. The second kappa shape index (κ2) is 7.15. The second-order valence-corrected chi connectivity index (χ2v) is 6.92. The summed E-state index contributed by atoms with van der Waals surface area (Å²) in [6, 6.07) is 0. The maximum atomic E-state index is 12.5. The summed E-state index contributed by atoms with van der Waals surface area (Å²) in [6.45, 7) is 12.5. The first-order valence-corrected chi connectivity index (χ1v) is 7.78. The highest BCUT2D eigenvalue weighted by atomic mass is 16.6. The summed E-state index contributed by atoms with van der Waals surface area (Å²) >= 11 is 0. The number of rotatable bonds is 7. The Morgan fingerprint density at radius 3 is 2.43 bits per heavy atom. The number of carbonyl (C=O) groups is 3. The van der Waals surface area contributed by atoms with Crippen LogP contribution in [0.15, 0.2) is 12.7 Å². The molecule has 0 aromatic carbocycles. The van der Waals surface area contributed by atoms with Gasteiger partial charge in [-0.1, -0.05) is 20.4 Å². The summed E-state index contributed by atoms with van der Waals surface area (Å²) in [6.07, 6.45) is 1.02. The van der Waals surface area contributed by atoms with Crippen molar-refractivity contribution in [3.8, 4) is 0 Å². The zero-order valence-corrected chi connectivity index (χ0v) is 14.5. The molecule has 1 aliphatic rings. The molecule has 3 unspecified atom stereocenters. The number of hydrogen-bond acceptors (Lipinski definition) is 6. The number of ether oxygens (including phenoxy) is 3. The summed E-state index contributed by atoms with van der Waals surface area (Å²) in [5.41, 5.74) is -1.75. The zero-order chi connectivity index (χ0) is 17.8. The van der Waals surface area contributed by atoms with Crippen molar-refractivity contribution in [1.82, 2.24) is 0 Å². The van der Waals surface area contributed by atoms with Gasteiger partial charge in [0.25, 0.3) is 0 Å². The molecule has 1 aliphatic heterocycles. The van der Waals surface area contributed by atoms with Crippen LogP contribution in [0.5, 0.6) is 0 Å². The van der Waals surface area contributed by atoms with Crippen LogP contribution in [-0.4, -0.2) is 36.2 Å². The maximum Gasteiger partial charge on any atom is 0.347 e. The number of esters is 3. The Hall–Kier alpha value is -1.85. The van der Waals surface area contributed by atoms with Gasteiger partial charge in [0.1, 0.15) is 5.60 Å². The summed E-state index contributed by atoms with van der Waals surface area (Å²) in [5.74, 6) is -1.73. The van der Waals surface area contributed by atoms with Crippen LogP contribution in [-0.2, 0) is 28.6 Å². The minimum atomic E-state index is -0.922. The van der Waals surface area contributed by atoms with Crippen LogP contribution >= 0.6 is 0 Å². The van der Waals surface area contributed by atoms with Crippen LogP contribution in [0.1, 0.15) is 47.5 Å². The lowest BCUT2D eigenvalue weighted by molar-refractivity contribution is -0.174. The van der Waals surface area contributed by atoms with Crippen LogP contribution < -0.4 is 0 Å². The lowest BCUT2D eigenvalue weighted by Gasteiger charge is -2.35. The van der Waals surface area contributed by atoms with E-state index in [2.05, 4.69) is 6.58 Å². The smallest absolute Gasteiger partial charge is 0.347 e. The maximum absolute atomic E-state index is 12.5. The molecule has 1 fully saturated rings. The third-order valence-electron chi connectivity index (χ3n) is 4.10. The molecule has 23 heavy (non-hydrogen) atoms. The Morgan fingerprint density at radius 2 is 2.00 bits per heavy atom. The van der Waals surface area contributed by atoms with Crippen molar-refractivity contribution in [1.29, 1.82) is 0 Å². The molecule has 1 saturated heterocycles. The van der Waals surface area contributed by atoms with E-state index in [1.807, 2.05) is 6.92 Å². The molecule has 1 rings (SSSR count). The van der Waals surface area contributed by atoms with Crippen molar-refractivity contribution in [3.05, 3.63) is 12.7 Å². The van der Waals surface area contributed by atoms with Gasteiger partial charge in [0, 0.05) is 18.4 Å². The average Bonchev–Trinajstić information content (AvgIpc) is 2.78. The standard InChI is InChI=1S/C17H26O6/c1-7-12(18)23-17(6,8-2)10-16(4,5)15(20)22-13-11(3)9-21-14(13)19/h7,11,13H,1,8-10H2,2-6H3. The molecule has 0 saturated carbocycles. The first kappa shape index (κ1) is 19.2. The molecule has 0 N–H and O–H groups in total. The normalized spacial score (nSPS) is 23.6. The predicted molar refractivity (Wildman–Crippen MR) is 83.4 cm³/mol. The predicted octanol–water partition coefficient (Wildman–Crippen LogP) is 2.41. The molecule has 1 heterocycles. The number of cyclic esters (lactones) is 1. The molecule has 6 heteroatoms. The molecule has 0 amide bonds. The molecule has 0 aromatic heterocycles. The summed E-state index contributed by atoms with van der Waals surface area (Å²) in [4.78, 5) is 35.6. The van der Waals surface area contributed by atoms with Crippen molar-refractivity contribution in [2.75, 3.05) is 6.61 Å². The van der Waals surface area contributed by atoms with E-state index in [1.54, 1.807) is 27.7 Å². The topological polar surface area (TPSA) is 78.9 Å². The van der Waals surface area contributed by atoms with Gasteiger partial charge in [-0.2, -0.15) is 0 Å². The van der Waals surface area contributed by atoms with Gasteiger partial charge in [0.05, 0.1) is 12.0 Å².